The van der Waals surface area contributed by atoms with Crippen LogP contribution in [0.15, 0.2) is 42.9 Å². The number of aromatic nitrogens is 3. The maximum absolute atomic E-state index is 8.88. The Balaban J connectivity index is 1.80. The normalized spacial score (nSPS) is 11.0. The fourth-order valence-electron chi connectivity index (χ4n) is 2.22. The Bertz CT molecular complexity index is 756. The summed E-state index contributed by atoms with van der Waals surface area (Å²) < 4.78 is 1.69. The van der Waals surface area contributed by atoms with Crippen molar-refractivity contribution in [3.63, 3.8) is 0 Å². The van der Waals surface area contributed by atoms with Crippen molar-refractivity contribution >= 4 is 28.2 Å². The molecule has 21 heavy (non-hydrogen) atoms. The van der Waals surface area contributed by atoms with Gasteiger partial charge in [-0.25, -0.2) is 0 Å². The minimum atomic E-state index is 0.0763. The average molecular weight is 303 g/mol. The molecule has 0 aliphatic carbocycles. The maximum atomic E-state index is 8.88. The third-order valence-corrected chi connectivity index (χ3v) is 3.57. The first-order chi connectivity index (χ1) is 10.3. The van der Waals surface area contributed by atoms with E-state index in [1.807, 2.05) is 30.5 Å². The first-order valence-corrected chi connectivity index (χ1v) is 7.05. The Hall–Kier alpha value is -2.11. The van der Waals surface area contributed by atoms with Crippen LogP contribution in [0.2, 0.25) is 5.02 Å². The van der Waals surface area contributed by atoms with Crippen molar-refractivity contribution in [3.8, 4) is 0 Å². The number of pyridine rings is 1. The zero-order valence-corrected chi connectivity index (χ0v) is 12.1. The van der Waals surface area contributed by atoms with Gasteiger partial charge in [0.25, 0.3) is 0 Å². The molecule has 2 aromatic heterocycles. The van der Waals surface area contributed by atoms with E-state index >= 15 is 0 Å². The minimum absolute atomic E-state index is 0.0763. The third-order valence-electron chi connectivity index (χ3n) is 3.25. The second kappa shape index (κ2) is 6.11. The molecule has 0 unspecified atom stereocenters. The molecule has 3 rings (SSSR count). The summed E-state index contributed by atoms with van der Waals surface area (Å²) >= 11 is 6.19. The van der Waals surface area contributed by atoms with Gasteiger partial charge in [0, 0.05) is 29.3 Å². The minimum Gasteiger partial charge on any atom is -0.394 e. The predicted octanol–water partition coefficient (Wildman–Crippen LogP) is 2.69. The van der Waals surface area contributed by atoms with Gasteiger partial charge < -0.3 is 10.4 Å². The van der Waals surface area contributed by atoms with Crippen LogP contribution in [0.5, 0.6) is 0 Å². The number of halogens is 1. The lowest BCUT2D eigenvalue weighted by atomic mass is 10.1. The van der Waals surface area contributed by atoms with Gasteiger partial charge >= 0.3 is 0 Å². The van der Waals surface area contributed by atoms with E-state index in [9.17, 15) is 0 Å². The van der Waals surface area contributed by atoms with Crippen molar-refractivity contribution in [2.24, 2.45) is 0 Å². The van der Waals surface area contributed by atoms with Crippen molar-refractivity contribution in [1.82, 2.24) is 14.8 Å². The maximum Gasteiger partial charge on any atom is 0.0766 e. The molecule has 0 spiro atoms. The summed E-state index contributed by atoms with van der Waals surface area (Å²) in [7, 11) is 0. The van der Waals surface area contributed by atoms with Gasteiger partial charge in [-0.05, 0) is 23.8 Å². The molecular formula is C15H15ClN4O. The van der Waals surface area contributed by atoms with E-state index in [4.69, 9.17) is 16.7 Å². The summed E-state index contributed by atoms with van der Waals surface area (Å²) in [6.07, 6.45) is 5.37. The van der Waals surface area contributed by atoms with E-state index in [0.29, 0.717) is 18.1 Å². The zero-order chi connectivity index (χ0) is 14.7. The van der Waals surface area contributed by atoms with Crippen LogP contribution in [0.3, 0.4) is 0 Å². The molecule has 3 aromatic rings. The van der Waals surface area contributed by atoms with Crippen LogP contribution in [0.4, 0.5) is 5.69 Å². The molecule has 6 heteroatoms. The van der Waals surface area contributed by atoms with Gasteiger partial charge in [0.1, 0.15) is 0 Å². The number of nitrogens with zero attached hydrogens (tertiary/aromatic N) is 3. The number of hydrogen-bond acceptors (Lipinski definition) is 4. The highest BCUT2D eigenvalue weighted by Gasteiger charge is 2.06. The molecule has 0 saturated carbocycles. The SMILES string of the molecule is OCCn1cc(NCc2ccc(Cl)c3cccnc23)cn1. The van der Waals surface area contributed by atoms with E-state index in [2.05, 4.69) is 15.4 Å². The lowest BCUT2D eigenvalue weighted by Gasteiger charge is -2.08. The predicted molar refractivity (Wildman–Crippen MR) is 83.4 cm³/mol. The summed E-state index contributed by atoms with van der Waals surface area (Å²) in [5, 5.41) is 18.0. The summed E-state index contributed by atoms with van der Waals surface area (Å²) in [5.74, 6) is 0. The molecule has 0 amide bonds. The Morgan fingerprint density at radius 1 is 1.29 bits per heavy atom. The van der Waals surface area contributed by atoms with Crippen LogP contribution in [-0.4, -0.2) is 26.5 Å². The molecule has 0 aliphatic rings. The van der Waals surface area contributed by atoms with Gasteiger partial charge in [-0.2, -0.15) is 5.10 Å². The van der Waals surface area contributed by atoms with E-state index in [0.717, 1.165) is 22.2 Å². The number of nitrogens with one attached hydrogen (secondary N) is 1. The average Bonchev–Trinajstić information content (AvgIpc) is 2.95. The fourth-order valence-corrected chi connectivity index (χ4v) is 2.43. The van der Waals surface area contributed by atoms with Gasteiger partial charge in [0.15, 0.2) is 0 Å². The van der Waals surface area contributed by atoms with Gasteiger partial charge in [-0.15, -0.1) is 0 Å². The van der Waals surface area contributed by atoms with Crippen molar-refractivity contribution in [3.05, 3.63) is 53.4 Å². The van der Waals surface area contributed by atoms with Crippen LogP contribution < -0.4 is 5.32 Å². The van der Waals surface area contributed by atoms with E-state index in [1.54, 1.807) is 17.1 Å². The van der Waals surface area contributed by atoms with Crippen LogP contribution in [-0.2, 0) is 13.1 Å². The second-order valence-electron chi connectivity index (χ2n) is 4.68. The van der Waals surface area contributed by atoms with Crippen LogP contribution in [0, 0.1) is 0 Å². The third kappa shape index (κ3) is 2.99. The molecule has 108 valence electrons. The number of aliphatic hydroxyl groups excluding tert-OH is 1. The number of fused-ring (bicyclic) bond motifs is 1. The highest BCUT2D eigenvalue weighted by molar-refractivity contribution is 6.35. The lowest BCUT2D eigenvalue weighted by molar-refractivity contribution is 0.269. The van der Waals surface area contributed by atoms with E-state index in [1.165, 1.54) is 0 Å². The fraction of sp³-hybridized carbons (Fsp3) is 0.200. The molecule has 5 nitrogen and oxygen atoms in total. The molecule has 0 saturated heterocycles. The Labute approximate surface area is 127 Å². The van der Waals surface area contributed by atoms with Gasteiger partial charge in [-0.3, -0.25) is 9.67 Å². The Morgan fingerprint density at radius 2 is 2.19 bits per heavy atom. The number of benzene rings is 1. The first-order valence-electron chi connectivity index (χ1n) is 6.67. The van der Waals surface area contributed by atoms with Crippen molar-refractivity contribution in [2.45, 2.75) is 13.1 Å². The highest BCUT2D eigenvalue weighted by atomic mass is 35.5. The van der Waals surface area contributed by atoms with Crippen molar-refractivity contribution in [2.75, 3.05) is 11.9 Å². The quantitative estimate of drug-likeness (QED) is 0.760. The highest BCUT2D eigenvalue weighted by Crippen LogP contribution is 2.25. The van der Waals surface area contributed by atoms with Gasteiger partial charge in [0.05, 0.1) is 30.6 Å². The van der Waals surface area contributed by atoms with Gasteiger partial charge in [0.2, 0.25) is 0 Å². The Kier molecular flexibility index (Phi) is 4.03. The topological polar surface area (TPSA) is 63.0 Å². The van der Waals surface area contributed by atoms with Crippen molar-refractivity contribution < 1.29 is 5.11 Å². The summed E-state index contributed by atoms with van der Waals surface area (Å²) in [6.45, 7) is 1.20. The number of anilines is 1. The summed E-state index contributed by atoms with van der Waals surface area (Å²) in [5.41, 5.74) is 2.88. The molecule has 0 aliphatic heterocycles. The molecule has 0 atom stereocenters. The number of rotatable bonds is 5. The molecule has 0 fully saturated rings. The number of hydrogen-bond donors (Lipinski definition) is 2. The molecule has 1 aromatic carbocycles. The smallest absolute Gasteiger partial charge is 0.0766 e. The largest absolute Gasteiger partial charge is 0.394 e. The van der Waals surface area contributed by atoms with E-state index in [-0.39, 0.29) is 6.61 Å². The molecule has 2 N–H and O–H groups in total. The van der Waals surface area contributed by atoms with Crippen LogP contribution in [0.1, 0.15) is 5.56 Å². The molecular weight excluding hydrogens is 288 g/mol. The lowest BCUT2D eigenvalue weighted by Crippen LogP contribution is -2.02. The van der Waals surface area contributed by atoms with Crippen LogP contribution >= 0.6 is 11.6 Å². The molecule has 0 radical (unpaired) electrons. The first kappa shape index (κ1) is 13.9. The molecule has 0 bridgehead atoms. The molecule has 2 heterocycles. The second-order valence-corrected chi connectivity index (χ2v) is 5.08. The van der Waals surface area contributed by atoms with Crippen LogP contribution in [0.25, 0.3) is 10.9 Å². The monoisotopic (exact) mass is 302 g/mol. The van der Waals surface area contributed by atoms with E-state index < -0.39 is 0 Å². The summed E-state index contributed by atoms with van der Waals surface area (Å²) in [6, 6.07) is 7.71. The van der Waals surface area contributed by atoms with Gasteiger partial charge in [-0.1, -0.05) is 17.7 Å². The standard InChI is InChI=1S/C15H15ClN4O/c16-14-4-3-11(15-13(14)2-1-5-17-15)8-18-12-9-19-20(10-12)6-7-21/h1-5,9-10,18,21H,6-8H2. The Morgan fingerprint density at radius 3 is 3.05 bits per heavy atom. The number of aliphatic hydroxyl groups is 1. The summed E-state index contributed by atoms with van der Waals surface area (Å²) in [4.78, 5) is 4.41. The zero-order valence-electron chi connectivity index (χ0n) is 11.3. The van der Waals surface area contributed by atoms with Crippen molar-refractivity contribution in [1.29, 1.82) is 0 Å².